The first-order valence-electron chi connectivity index (χ1n) is 18.9. The van der Waals surface area contributed by atoms with Crippen molar-refractivity contribution in [2.75, 3.05) is 0 Å². The monoisotopic (exact) mass is 822 g/mol. The molecule has 0 radical (unpaired) electrons. The van der Waals surface area contributed by atoms with Gasteiger partial charge in [0.2, 0.25) is 0 Å². The number of rotatable bonds is 22. The number of para-hydroxylation sites is 2. The Morgan fingerprint density at radius 3 is 1.44 bits per heavy atom. The summed E-state index contributed by atoms with van der Waals surface area (Å²) >= 11 is 0. The average Bonchev–Trinajstić information content (AvgIpc) is 3.11. The van der Waals surface area contributed by atoms with Crippen LogP contribution in [0, 0.1) is 0 Å². The summed E-state index contributed by atoms with van der Waals surface area (Å²) in [4.78, 5) is -0.648. The molecular formula is C42H54CaO10S2. The van der Waals surface area contributed by atoms with E-state index in [1.54, 1.807) is 36.4 Å². The van der Waals surface area contributed by atoms with Gasteiger partial charge in [-0.15, -0.1) is 5.75 Å². The van der Waals surface area contributed by atoms with Crippen LogP contribution < -0.4 is 14.6 Å². The maximum Gasteiger partial charge on any atom is 2.00 e. The predicted molar refractivity (Wildman–Crippen MR) is 214 cm³/mol. The van der Waals surface area contributed by atoms with Gasteiger partial charge in [0.15, 0.2) is 5.75 Å². The van der Waals surface area contributed by atoms with Crippen LogP contribution in [-0.2, 0) is 33.1 Å². The Labute approximate surface area is 357 Å². The molecule has 10 nitrogen and oxygen atoms in total. The van der Waals surface area contributed by atoms with Gasteiger partial charge in [-0.25, -0.2) is 8.42 Å². The fourth-order valence-corrected chi connectivity index (χ4v) is 7.32. The molecule has 13 heteroatoms. The van der Waals surface area contributed by atoms with Crippen LogP contribution in [0.5, 0.6) is 34.5 Å². The van der Waals surface area contributed by atoms with Crippen LogP contribution in [-0.4, -0.2) is 68.8 Å². The van der Waals surface area contributed by atoms with Crippen LogP contribution in [0.1, 0.15) is 115 Å². The minimum atomic E-state index is -4.68. The summed E-state index contributed by atoms with van der Waals surface area (Å²) < 4.78 is 79.5. The molecule has 55 heavy (non-hydrogen) atoms. The normalized spacial score (nSPS) is 11.3. The number of ether oxygens (including phenoxy) is 2. The van der Waals surface area contributed by atoms with Gasteiger partial charge in [-0.2, -0.15) is 8.42 Å². The second-order valence-corrected chi connectivity index (χ2v) is 16.1. The second kappa shape index (κ2) is 25.4. The van der Waals surface area contributed by atoms with Crippen LogP contribution in [0.3, 0.4) is 0 Å². The van der Waals surface area contributed by atoms with Crippen molar-refractivity contribution < 1.29 is 45.6 Å². The fraction of sp³-hybridized carbons (Fsp3) is 0.429. The van der Waals surface area contributed by atoms with E-state index in [0.717, 1.165) is 44.1 Å². The third-order valence-corrected chi connectivity index (χ3v) is 10.6. The van der Waals surface area contributed by atoms with Crippen molar-refractivity contribution in [2.24, 2.45) is 0 Å². The number of aromatic hydroxyl groups is 1. The van der Waals surface area contributed by atoms with Gasteiger partial charge < -0.3 is 24.2 Å². The number of phenolic OH excluding ortho intramolecular Hbond substituents is 1. The van der Waals surface area contributed by atoms with Crippen molar-refractivity contribution in [3.63, 3.8) is 0 Å². The summed E-state index contributed by atoms with van der Waals surface area (Å²) in [6.45, 7) is 4.37. The summed E-state index contributed by atoms with van der Waals surface area (Å²) in [6, 6.07) is 21.2. The third-order valence-electron chi connectivity index (χ3n) is 8.83. The van der Waals surface area contributed by atoms with Crippen molar-refractivity contribution >= 4 is 58.0 Å². The van der Waals surface area contributed by atoms with Crippen LogP contribution >= 0.6 is 0 Å². The molecule has 0 bridgehead atoms. The maximum absolute atomic E-state index is 11.8. The van der Waals surface area contributed by atoms with E-state index in [4.69, 9.17) is 9.47 Å². The van der Waals surface area contributed by atoms with E-state index < -0.39 is 20.2 Å². The predicted octanol–water partition coefficient (Wildman–Crippen LogP) is 10.1. The summed E-state index contributed by atoms with van der Waals surface area (Å²) in [5.41, 5.74) is 1.39. The van der Waals surface area contributed by atoms with Crippen LogP contribution in [0.4, 0.5) is 0 Å². The maximum atomic E-state index is 11.8. The van der Waals surface area contributed by atoms with Gasteiger partial charge in [-0.3, -0.25) is 4.55 Å². The minimum absolute atomic E-state index is 0. The zero-order chi connectivity index (χ0) is 39.4. The van der Waals surface area contributed by atoms with Crippen molar-refractivity contribution in [1.82, 2.24) is 0 Å². The summed E-state index contributed by atoms with van der Waals surface area (Å²) in [7, 11) is -9.10. The van der Waals surface area contributed by atoms with Gasteiger partial charge in [0.25, 0.3) is 10.1 Å². The number of aryl methyl sites for hydroxylation is 2. The Morgan fingerprint density at radius 2 is 0.982 bits per heavy atom. The first kappa shape index (κ1) is 48.3. The number of hydrogen-bond acceptors (Lipinski definition) is 9. The molecule has 0 heterocycles. The standard InChI is InChI=1S/2C21H28O5S.Ca/c2*1-2-3-4-5-6-7-8-11-17-12-9-15-20(27(23,24)25)21(17)26-19-14-10-13-18(22)16-19;/h2*9-10,12-16,22H,2-8,11H2,1H3,(H,23,24,25);/q;;+2/p-2. The molecule has 4 aromatic carbocycles. The van der Waals surface area contributed by atoms with Crippen LogP contribution in [0.2, 0.25) is 0 Å². The van der Waals surface area contributed by atoms with Crippen molar-refractivity contribution in [1.29, 1.82) is 0 Å². The van der Waals surface area contributed by atoms with Crippen molar-refractivity contribution in [3.8, 4) is 34.5 Å². The van der Waals surface area contributed by atoms with Crippen molar-refractivity contribution in [2.45, 2.75) is 126 Å². The molecule has 2 N–H and O–H groups in total. The van der Waals surface area contributed by atoms with E-state index in [0.29, 0.717) is 24.2 Å². The number of unbranched alkanes of at least 4 members (excludes halogenated alkanes) is 12. The molecule has 0 aliphatic heterocycles. The van der Waals surface area contributed by atoms with Gasteiger partial charge in [0.1, 0.15) is 38.0 Å². The topological polar surface area (TPSA) is 173 Å². The van der Waals surface area contributed by atoms with Gasteiger partial charge in [0, 0.05) is 6.07 Å². The Hall–Kier alpha value is -2.84. The molecule has 0 spiro atoms. The van der Waals surface area contributed by atoms with E-state index in [1.165, 1.54) is 93.8 Å². The molecule has 0 aromatic heterocycles. The molecule has 0 aliphatic carbocycles. The minimum Gasteiger partial charge on any atom is -0.872 e. The summed E-state index contributed by atoms with van der Waals surface area (Å²) in [6.07, 6.45) is 17.3. The van der Waals surface area contributed by atoms with E-state index in [9.17, 15) is 36.2 Å². The fourth-order valence-electron chi connectivity index (χ4n) is 6.01. The van der Waals surface area contributed by atoms with Crippen LogP contribution in [0.25, 0.3) is 0 Å². The molecule has 0 unspecified atom stereocenters. The third kappa shape index (κ3) is 17.9. The first-order chi connectivity index (χ1) is 25.8. The van der Waals surface area contributed by atoms with Gasteiger partial charge >= 0.3 is 37.7 Å². The van der Waals surface area contributed by atoms with Gasteiger partial charge in [-0.05, 0) is 73.2 Å². The summed E-state index contributed by atoms with van der Waals surface area (Å²) in [5.74, 6) is 0.459. The first-order valence-corrected chi connectivity index (χ1v) is 21.8. The molecule has 296 valence electrons. The molecule has 0 atom stereocenters. The second-order valence-electron chi connectivity index (χ2n) is 13.3. The van der Waals surface area contributed by atoms with E-state index in [1.807, 2.05) is 6.07 Å². The Balaban J connectivity index is 0.000000373. The average molecular weight is 823 g/mol. The molecule has 0 saturated heterocycles. The molecule has 0 aliphatic rings. The summed E-state index contributed by atoms with van der Waals surface area (Å²) in [5, 5.41) is 21.1. The molecule has 0 saturated carbocycles. The largest absolute Gasteiger partial charge is 2.00 e. The number of benzene rings is 4. The molecule has 0 fully saturated rings. The SMILES string of the molecule is CCCCCCCCCc1cccc(S(=O)(=O)O)c1Oc1cccc(O)c1.CCCCCCCCCc1cccc(S(=O)(=O)[O-])c1Oc1cccc([O-])c1.[Ca+2]. The van der Waals surface area contributed by atoms with Gasteiger partial charge in [-0.1, -0.05) is 133 Å². The number of hydrogen-bond donors (Lipinski definition) is 2. The smallest absolute Gasteiger partial charge is 0.872 e. The molecule has 4 aromatic rings. The van der Waals surface area contributed by atoms with Gasteiger partial charge in [0.05, 0.1) is 4.90 Å². The Kier molecular flexibility index (Phi) is 22.3. The zero-order valence-corrected chi connectivity index (χ0v) is 35.9. The molecule has 0 amide bonds. The van der Waals surface area contributed by atoms with Crippen molar-refractivity contribution in [3.05, 3.63) is 96.1 Å². The quantitative estimate of drug-likeness (QED) is 0.0441. The van der Waals surface area contributed by atoms with Crippen LogP contribution in [0.15, 0.2) is 94.7 Å². The zero-order valence-electron chi connectivity index (χ0n) is 32.1. The van der Waals surface area contributed by atoms with E-state index >= 15 is 0 Å². The van der Waals surface area contributed by atoms with E-state index in [-0.39, 0.29) is 76.3 Å². The Bertz CT molecular complexity index is 1810. The molecule has 4 rings (SSSR count). The molecular weight excluding hydrogens is 769 g/mol. The Morgan fingerprint density at radius 1 is 0.564 bits per heavy atom. The number of phenols is 1. The van der Waals surface area contributed by atoms with E-state index in [2.05, 4.69) is 13.8 Å².